The number of hydrogen-bond donors (Lipinski definition) is 2. The molecule has 0 aliphatic carbocycles. The number of hydrogen-bond acceptors (Lipinski definition) is 4. The van der Waals surface area contributed by atoms with E-state index < -0.39 is 0 Å². The van der Waals surface area contributed by atoms with Crippen LogP contribution in [0.1, 0.15) is 12.5 Å². The summed E-state index contributed by atoms with van der Waals surface area (Å²) < 4.78 is 0. The van der Waals surface area contributed by atoms with E-state index in [0.717, 1.165) is 28.8 Å². The van der Waals surface area contributed by atoms with Crippen LogP contribution in [0, 0.1) is 0 Å². The molecule has 1 aromatic carbocycles. The van der Waals surface area contributed by atoms with Gasteiger partial charge in [0.2, 0.25) is 0 Å². The van der Waals surface area contributed by atoms with E-state index in [0.29, 0.717) is 10.2 Å². The zero-order valence-electron chi connectivity index (χ0n) is 11.0. The van der Waals surface area contributed by atoms with Gasteiger partial charge in [0.15, 0.2) is 0 Å². The molecule has 0 amide bonds. The van der Waals surface area contributed by atoms with E-state index in [2.05, 4.69) is 23.5 Å². The minimum Gasteiger partial charge on any atom is -0.389 e. The maximum atomic E-state index is 5.80. The van der Waals surface area contributed by atoms with Crippen LogP contribution in [0.2, 0.25) is 0 Å². The molecule has 5 heteroatoms. The highest BCUT2D eigenvalue weighted by atomic mass is 32.2. The summed E-state index contributed by atoms with van der Waals surface area (Å²) in [6.45, 7) is 3.04. The van der Waals surface area contributed by atoms with Crippen molar-refractivity contribution < 1.29 is 0 Å². The number of nitrogens with zero attached hydrogens (tertiary/aromatic N) is 1. The molecule has 3 N–H and O–H groups in total. The van der Waals surface area contributed by atoms with Crippen molar-refractivity contribution in [2.24, 2.45) is 5.73 Å². The van der Waals surface area contributed by atoms with Crippen LogP contribution in [0.15, 0.2) is 30.3 Å². The second-order valence-electron chi connectivity index (χ2n) is 4.36. The number of rotatable bonds is 5. The van der Waals surface area contributed by atoms with E-state index in [4.69, 9.17) is 18.0 Å². The number of para-hydroxylation sites is 1. The molecular formula is C14H17N3S2. The van der Waals surface area contributed by atoms with Gasteiger partial charge in [0, 0.05) is 22.7 Å². The first kappa shape index (κ1) is 14.1. The number of thioether (sulfide) groups is 1. The number of nitrogens with one attached hydrogen (secondary N) is 1. The largest absolute Gasteiger partial charge is 0.389 e. The zero-order chi connectivity index (χ0) is 13.8. The third-order valence-corrected chi connectivity index (χ3v) is 4.15. The van der Waals surface area contributed by atoms with Gasteiger partial charge in [-0.05, 0) is 18.4 Å². The Hall–Kier alpha value is -1.33. The summed E-state index contributed by atoms with van der Waals surface area (Å²) in [5.41, 5.74) is 7.59. The van der Waals surface area contributed by atoms with Gasteiger partial charge in [-0.15, -0.1) is 0 Å². The van der Waals surface area contributed by atoms with Crippen LogP contribution >= 0.6 is 24.0 Å². The van der Waals surface area contributed by atoms with Crippen LogP contribution in [-0.2, 0) is 0 Å². The van der Waals surface area contributed by atoms with Gasteiger partial charge in [0.1, 0.15) is 10.8 Å². The average Bonchev–Trinajstić information content (AvgIpc) is 2.43. The summed E-state index contributed by atoms with van der Waals surface area (Å²) in [6, 6.07) is 9.82. The second-order valence-corrected chi connectivity index (χ2v) is 6.08. The normalized spacial score (nSPS) is 12.3. The molecule has 0 radical (unpaired) electrons. The second kappa shape index (κ2) is 6.21. The Labute approximate surface area is 123 Å². The highest BCUT2D eigenvalue weighted by molar-refractivity contribution is 7.99. The monoisotopic (exact) mass is 291 g/mol. The first-order chi connectivity index (χ1) is 9.11. The van der Waals surface area contributed by atoms with Crippen molar-refractivity contribution in [2.45, 2.75) is 12.2 Å². The molecular weight excluding hydrogens is 274 g/mol. The molecule has 0 saturated carbocycles. The Morgan fingerprint density at radius 3 is 2.89 bits per heavy atom. The number of aromatic nitrogens is 1. The first-order valence-electron chi connectivity index (χ1n) is 6.08. The minimum absolute atomic E-state index is 0.402. The number of fused-ring (bicyclic) bond motifs is 1. The topological polar surface area (TPSA) is 50.9 Å². The van der Waals surface area contributed by atoms with Crippen LogP contribution in [0.25, 0.3) is 10.9 Å². The summed E-state index contributed by atoms with van der Waals surface area (Å²) in [5.74, 6) is 0.822. The lowest BCUT2D eigenvalue weighted by Crippen LogP contribution is -2.15. The molecule has 0 fully saturated rings. The fourth-order valence-corrected chi connectivity index (χ4v) is 2.22. The van der Waals surface area contributed by atoms with Crippen LogP contribution in [0.5, 0.6) is 0 Å². The molecule has 0 bridgehead atoms. The highest BCUT2D eigenvalue weighted by Gasteiger charge is 2.08. The highest BCUT2D eigenvalue weighted by Crippen LogP contribution is 2.21. The summed E-state index contributed by atoms with van der Waals surface area (Å²) in [4.78, 5) is 4.99. The predicted molar refractivity (Wildman–Crippen MR) is 89.1 cm³/mol. The fourth-order valence-electron chi connectivity index (χ4n) is 1.80. The van der Waals surface area contributed by atoms with E-state index in [9.17, 15) is 0 Å². The van der Waals surface area contributed by atoms with Gasteiger partial charge in [-0.1, -0.05) is 37.3 Å². The van der Waals surface area contributed by atoms with E-state index in [1.807, 2.05) is 42.1 Å². The van der Waals surface area contributed by atoms with Crippen molar-refractivity contribution in [3.8, 4) is 0 Å². The van der Waals surface area contributed by atoms with E-state index in [-0.39, 0.29) is 0 Å². The Balaban J connectivity index is 2.38. The van der Waals surface area contributed by atoms with Crippen molar-refractivity contribution in [3.05, 3.63) is 35.9 Å². The first-order valence-corrected chi connectivity index (χ1v) is 7.77. The van der Waals surface area contributed by atoms with E-state index >= 15 is 0 Å². The summed E-state index contributed by atoms with van der Waals surface area (Å²) in [5, 5.41) is 4.86. The van der Waals surface area contributed by atoms with Gasteiger partial charge in [0.25, 0.3) is 0 Å². The number of pyridine rings is 1. The standard InChI is InChI=1S/C14H17N3S2/c1-9(19-2)8-16-13-7-11(14(15)18)10-5-3-4-6-12(10)17-13/h3-7,9H,8H2,1-2H3,(H2,15,18)(H,16,17). The summed E-state index contributed by atoms with van der Waals surface area (Å²) in [6.07, 6.45) is 2.10. The Morgan fingerprint density at radius 2 is 2.21 bits per heavy atom. The van der Waals surface area contributed by atoms with Crippen molar-refractivity contribution >= 4 is 45.7 Å². The summed E-state index contributed by atoms with van der Waals surface area (Å²) >= 11 is 6.94. The maximum absolute atomic E-state index is 5.80. The van der Waals surface area contributed by atoms with Crippen LogP contribution in [0.4, 0.5) is 5.82 Å². The van der Waals surface area contributed by atoms with Crippen LogP contribution in [0.3, 0.4) is 0 Å². The van der Waals surface area contributed by atoms with Gasteiger partial charge in [0.05, 0.1) is 5.52 Å². The minimum atomic E-state index is 0.402. The summed E-state index contributed by atoms with van der Waals surface area (Å²) in [7, 11) is 0. The molecule has 0 saturated heterocycles. The quantitative estimate of drug-likeness (QED) is 0.829. The maximum Gasteiger partial charge on any atom is 0.127 e. The zero-order valence-corrected chi connectivity index (χ0v) is 12.6. The molecule has 2 rings (SSSR count). The van der Waals surface area contributed by atoms with Gasteiger partial charge >= 0.3 is 0 Å². The number of thiocarbonyl (C=S) groups is 1. The lowest BCUT2D eigenvalue weighted by Gasteiger charge is -2.13. The molecule has 0 spiro atoms. The smallest absolute Gasteiger partial charge is 0.127 e. The SMILES string of the molecule is CSC(C)CNc1cc(C(N)=S)c2ccccc2n1. The third kappa shape index (κ3) is 3.36. The average molecular weight is 291 g/mol. The van der Waals surface area contributed by atoms with Gasteiger partial charge in [-0.2, -0.15) is 11.8 Å². The Bertz CT molecular complexity index is 598. The van der Waals surface area contributed by atoms with Gasteiger partial charge < -0.3 is 11.1 Å². The molecule has 0 aliphatic heterocycles. The molecule has 1 heterocycles. The number of anilines is 1. The molecule has 2 aromatic rings. The Kier molecular flexibility index (Phi) is 4.61. The molecule has 0 aliphatic rings. The van der Waals surface area contributed by atoms with Crippen molar-refractivity contribution in [1.82, 2.24) is 4.98 Å². The number of nitrogens with two attached hydrogens (primary N) is 1. The fraction of sp³-hybridized carbons (Fsp3) is 0.286. The van der Waals surface area contributed by atoms with E-state index in [1.54, 1.807) is 0 Å². The molecule has 1 unspecified atom stereocenters. The molecule has 1 atom stereocenters. The van der Waals surface area contributed by atoms with Gasteiger partial charge in [-0.3, -0.25) is 0 Å². The molecule has 3 nitrogen and oxygen atoms in total. The van der Waals surface area contributed by atoms with Crippen LogP contribution < -0.4 is 11.1 Å². The third-order valence-electron chi connectivity index (χ3n) is 2.95. The molecule has 1 aromatic heterocycles. The van der Waals surface area contributed by atoms with Gasteiger partial charge in [-0.25, -0.2) is 4.98 Å². The Morgan fingerprint density at radius 1 is 1.47 bits per heavy atom. The molecule has 100 valence electrons. The lowest BCUT2D eigenvalue weighted by atomic mass is 10.1. The lowest BCUT2D eigenvalue weighted by molar-refractivity contribution is 0.994. The number of benzene rings is 1. The van der Waals surface area contributed by atoms with Crippen molar-refractivity contribution in [3.63, 3.8) is 0 Å². The van der Waals surface area contributed by atoms with Crippen molar-refractivity contribution in [1.29, 1.82) is 0 Å². The van der Waals surface area contributed by atoms with Crippen molar-refractivity contribution in [2.75, 3.05) is 18.1 Å². The predicted octanol–water partition coefficient (Wildman–Crippen LogP) is 3.03. The molecule has 19 heavy (non-hydrogen) atoms. The van der Waals surface area contributed by atoms with E-state index in [1.165, 1.54) is 0 Å². The van der Waals surface area contributed by atoms with Crippen LogP contribution in [-0.4, -0.2) is 28.0 Å².